The molecule has 1 aliphatic carbocycles. The lowest BCUT2D eigenvalue weighted by Crippen LogP contribution is -2.54. The SMILES string of the molecule is CN(Cc1cccs1)C(C)(CN)C1(C)CC1. The summed E-state index contributed by atoms with van der Waals surface area (Å²) in [5.41, 5.74) is 6.59. The zero-order chi connectivity index (χ0) is 11.8. The van der Waals surface area contributed by atoms with Gasteiger partial charge in [-0.15, -0.1) is 11.3 Å². The van der Waals surface area contributed by atoms with Gasteiger partial charge in [-0.3, -0.25) is 4.90 Å². The Morgan fingerprint density at radius 1 is 1.56 bits per heavy atom. The quantitative estimate of drug-likeness (QED) is 0.854. The minimum atomic E-state index is 0.136. The summed E-state index contributed by atoms with van der Waals surface area (Å²) in [5, 5.41) is 2.14. The van der Waals surface area contributed by atoms with Crippen LogP contribution in [0.25, 0.3) is 0 Å². The lowest BCUT2D eigenvalue weighted by atomic mass is 9.82. The van der Waals surface area contributed by atoms with Crippen molar-refractivity contribution in [1.82, 2.24) is 4.90 Å². The predicted molar refractivity (Wildman–Crippen MR) is 70.6 cm³/mol. The highest BCUT2D eigenvalue weighted by Gasteiger charge is 2.54. The number of hydrogen-bond acceptors (Lipinski definition) is 3. The summed E-state index contributed by atoms with van der Waals surface area (Å²) in [7, 11) is 2.20. The number of hydrogen-bond donors (Lipinski definition) is 1. The van der Waals surface area contributed by atoms with Crippen molar-refractivity contribution in [3.63, 3.8) is 0 Å². The van der Waals surface area contributed by atoms with Crippen molar-refractivity contribution < 1.29 is 0 Å². The fourth-order valence-electron chi connectivity index (χ4n) is 2.40. The third-order valence-electron chi connectivity index (χ3n) is 4.51. The molecule has 90 valence electrons. The van der Waals surface area contributed by atoms with E-state index in [9.17, 15) is 0 Å². The molecular weight excluding hydrogens is 216 g/mol. The Morgan fingerprint density at radius 3 is 2.69 bits per heavy atom. The Hall–Kier alpha value is -0.380. The molecule has 0 amide bonds. The van der Waals surface area contributed by atoms with Gasteiger partial charge < -0.3 is 5.73 Å². The summed E-state index contributed by atoms with van der Waals surface area (Å²) in [6, 6.07) is 4.32. The van der Waals surface area contributed by atoms with Crippen LogP contribution in [0.4, 0.5) is 0 Å². The molecule has 0 aliphatic heterocycles. The Morgan fingerprint density at radius 2 is 2.25 bits per heavy atom. The van der Waals surface area contributed by atoms with Crippen LogP contribution in [-0.4, -0.2) is 24.0 Å². The molecule has 0 radical (unpaired) electrons. The average molecular weight is 238 g/mol. The van der Waals surface area contributed by atoms with Crippen molar-refractivity contribution in [2.24, 2.45) is 11.1 Å². The maximum Gasteiger partial charge on any atom is 0.0357 e. The van der Waals surface area contributed by atoms with Gasteiger partial charge in [0, 0.05) is 23.5 Å². The van der Waals surface area contributed by atoms with Gasteiger partial charge in [-0.25, -0.2) is 0 Å². The first-order chi connectivity index (χ1) is 7.52. The molecule has 1 aromatic heterocycles. The average Bonchev–Trinajstić information content (AvgIpc) is 2.81. The number of thiophene rings is 1. The smallest absolute Gasteiger partial charge is 0.0357 e. The summed E-state index contributed by atoms with van der Waals surface area (Å²) < 4.78 is 0. The fourth-order valence-corrected chi connectivity index (χ4v) is 3.16. The molecule has 3 heteroatoms. The second-order valence-corrected chi connectivity index (χ2v) is 6.51. The Kier molecular flexibility index (Phi) is 3.12. The molecule has 0 spiro atoms. The molecule has 1 fully saturated rings. The topological polar surface area (TPSA) is 29.3 Å². The van der Waals surface area contributed by atoms with Crippen molar-refractivity contribution >= 4 is 11.3 Å². The molecule has 0 saturated heterocycles. The van der Waals surface area contributed by atoms with E-state index >= 15 is 0 Å². The molecule has 16 heavy (non-hydrogen) atoms. The summed E-state index contributed by atoms with van der Waals surface area (Å²) in [4.78, 5) is 3.86. The summed E-state index contributed by atoms with van der Waals surface area (Å²) in [5.74, 6) is 0. The molecule has 2 N–H and O–H groups in total. The van der Waals surface area contributed by atoms with Crippen LogP contribution >= 0.6 is 11.3 Å². The largest absolute Gasteiger partial charge is 0.329 e. The van der Waals surface area contributed by atoms with Gasteiger partial charge in [0.25, 0.3) is 0 Å². The van der Waals surface area contributed by atoms with Crippen LogP contribution in [0.1, 0.15) is 31.6 Å². The van der Waals surface area contributed by atoms with Gasteiger partial charge in [0.15, 0.2) is 0 Å². The third kappa shape index (κ3) is 1.92. The van der Waals surface area contributed by atoms with E-state index in [2.05, 4.69) is 43.3 Å². The van der Waals surface area contributed by atoms with E-state index in [0.717, 1.165) is 13.1 Å². The van der Waals surface area contributed by atoms with E-state index in [-0.39, 0.29) is 5.54 Å². The van der Waals surface area contributed by atoms with E-state index in [1.54, 1.807) is 0 Å². The molecule has 1 aliphatic rings. The van der Waals surface area contributed by atoms with Gasteiger partial charge in [-0.2, -0.15) is 0 Å². The molecule has 1 saturated carbocycles. The Balaban J connectivity index is 2.09. The van der Waals surface area contributed by atoms with Crippen molar-refractivity contribution in [3.05, 3.63) is 22.4 Å². The van der Waals surface area contributed by atoms with Crippen LogP contribution in [0.5, 0.6) is 0 Å². The Bertz CT molecular complexity index is 343. The molecule has 0 aromatic carbocycles. The first kappa shape index (κ1) is 12.1. The normalized spacial score (nSPS) is 22.1. The van der Waals surface area contributed by atoms with E-state index in [4.69, 9.17) is 5.73 Å². The second kappa shape index (κ2) is 4.13. The van der Waals surface area contributed by atoms with E-state index < -0.39 is 0 Å². The zero-order valence-corrected chi connectivity index (χ0v) is 11.3. The van der Waals surface area contributed by atoms with Gasteiger partial charge in [-0.05, 0) is 43.7 Å². The first-order valence-corrected chi connectivity index (χ1v) is 6.83. The van der Waals surface area contributed by atoms with Crippen LogP contribution in [0.15, 0.2) is 17.5 Å². The monoisotopic (exact) mass is 238 g/mol. The van der Waals surface area contributed by atoms with Gasteiger partial charge in [0.05, 0.1) is 0 Å². The summed E-state index contributed by atoms with van der Waals surface area (Å²) >= 11 is 1.83. The van der Waals surface area contributed by atoms with E-state index in [0.29, 0.717) is 5.41 Å². The van der Waals surface area contributed by atoms with Crippen molar-refractivity contribution in [3.8, 4) is 0 Å². The summed E-state index contributed by atoms with van der Waals surface area (Å²) in [6.07, 6.45) is 2.63. The number of nitrogens with zero attached hydrogens (tertiary/aromatic N) is 1. The molecule has 1 aromatic rings. The van der Waals surface area contributed by atoms with Crippen LogP contribution in [-0.2, 0) is 6.54 Å². The van der Waals surface area contributed by atoms with E-state index in [1.807, 2.05) is 11.3 Å². The van der Waals surface area contributed by atoms with Gasteiger partial charge in [-0.1, -0.05) is 13.0 Å². The number of likely N-dealkylation sites (N-methyl/N-ethyl adjacent to an activating group) is 1. The van der Waals surface area contributed by atoms with Crippen molar-refractivity contribution in [2.45, 2.75) is 38.8 Å². The van der Waals surface area contributed by atoms with Gasteiger partial charge in [0.2, 0.25) is 0 Å². The minimum Gasteiger partial charge on any atom is -0.329 e. The highest BCUT2D eigenvalue weighted by Crippen LogP contribution is 2.55. The number of nitrogens with two attached hydrogens (primary N) is 1. The van der Waals surface area contributed by atoms with E-state index in [1.165, 1.54) is 17.7 Å². The molecule has 2 nitrogen and oxygen atoms in total. The van der Waals surface area contributed by atoms with Crippen LogP contribution in [0.3, 0.4) is 0 Å². The maximum absolute atomic E-state index is 6.02. The predicted octanol–water partition coefficient (Wildman–Crippen LogP) is 2.70. The molecule has 1 unspecified atom stereocenters. The van der Waals surface area contributed by atoms with Crippen molar-refractivity contribution in [2.75, 3.05) is 13.6 Å². The maximum atomic E-state index is 6.02. The number of rotatable bonds is 5. The van der Waals surface area contributed by atoms with Crippen LogP contribution in [0.2, 0.25) is 0 Å². The molecule has 1 heterocycles. The standard InChI is InChI=1S/C13H22N2S/c1-12(6-7-12)13(2,10-14)15(3)9-11-5-4-8-16-11/h4-5,8H,6-7,9-10,14H2,1-3H3. The van der Waals surface area contributed by atoms with Gasteiger partial charge >= 0.3 is 0 Å². The molecular formula is C13H22N2S. The fraction of sp³-hybridized carbons (Fsp3) is 0.692. The molecule has 2 rings (SSSR count). The highest BCUT2D eigenvalue weighted by atomic mass is 32.1. The lowest BCUT2D eigenvalue weighted by Gasteiger charge is -2.43. The molecule has 1 atom stereocenters. The minimum absolute atomic E-state index is 0.136. The zero-order valence-electron chi connectivity index (χ0n) is 10.5. The second-order valence-electron chi connectivity index (χ2n) is 5.47. The van der Waals surface area contributed by atoms with Crippen molar-refractivity contribution in [1.29, 1.82) is 0 Å². The summed E-state index contributed by atoms with van der Waals surface area (Å²) in [6.45, 7) is 6.44. The van der Waals surface area contributed by atoms with Gasteiger partial charge in [0.1, 0.15) is 0 Å². The third-order valence-corrected chi connectivity index (χ3v) is 5.37. The first-order valence-electron chi connectivity index (χ1n) is 5.95. The molecule has 0 bridgehead atoms. The Labute approximate surface area is 102 Å². The van der Waals surface area contributed by atoms with Crippen LogP contribution in [0, 0.1) is 5.41 Å². The van der Waals surface area contributed by atoms with Crippen LogP contribution < -0.4 is 5.73 Å². The highest BCUT2D eigenvalue weighted by molar-refractivity contribution is 7.09. The lowest BCUT2D eigenvalue weighted by molar-refractivity contribution is 0.0668.